The van der Waals surface area contributed by atoms with Gasteiger partial charge in [-0.1, -0.05) is 29.5 Å². The second-order valence-electron chi connectivity index (χ2n) is 7.18. The van der Waals surface area contributed by atoms with Crippen LogP contribution in [0.1, 0.15) is 45.1 Å². The van der Waals surface area contributed by atoms with Crippen LogP contribution in [-0.4, -0.2) is 43.4 Å². The fourth-order valence-corrected chi connectivity index (χ4v) is 3.62. The van der Waals surface area contributed by atoms with Crippen LogP contribution in [0.2, 0.25) is 0 Å². The lowest BCUT2D eigenvalue weighted by molar-refractivity contribution is -0.113. The smallest absolute Gasteiger partial charge is 0.335 e. The molecular formula is C22H23N5O4S. The van der Waals surface area contributed by atoms with Crippen molar-refractivity contribution in [3.05, 3.63) is 71.0 Å². The Morgan fingerprint density at radius 3 is 2.28 bits per heavy atom. The van der Waals surface area contributed by atoms with Crippen LogP contribution in [0.5, 0.6) is 0 Å². The molecule has 3 N–H and O–H groups in total. The van der Waals surface area contributed by atoms with Crippen LogP contribution in [0.4, 0.5) is 5.69 Å². The largest absolute Gasteiger partial charge is 0.478 e. The van der Waals surface area contributed by atoms with Crippen molar-refractivity contribution in [1.82, 2.24) is 20.1 Å². The zero-order valence-electron chi connectivity index (χ0n) is 17.8. The first kappa shape index (κ1) is 23.0. The second kappa shape index (κ2) is 10.1. The van der Waals surface area contributed by atoms with E-state index in [-0.39, 0.29) is 29.2 Å². The van der Waals surface area contributed by atoms with E-state index in [9.17, 15) is 14.4 Å². The molecule has 2 aromatic carbocycles. The molecule has 1 aromatic heterocycles. The predicted octanol–water partition coefficient (Wildman–Crippen LogP) is 3.04. The minimum atomic E-state index is -1.03. The van der Waals surface area contributed by atoms with E-state index < -0.39 is 5.97 Å². The molecule has 0 saturated heterocycles. The highest BCUT2D eigenvalue weighted by Crippen LogP contribution is 2.20. The Balaban J connectivity index is 1.55. The highest BCUT2D eigenvalue weighted by Gasteiger charge is 2.19. The number of carbonyl (C=O) groups excluding carboxylic acids is 2. The molecule has 1 heterocycles. The summed E-state index contributed by atoms with van der Waals surface area (Å²) in [5.74, 6) is -0.832. The third-order valence-corrected chi connectivity index (χ3v) is 5.69. The van der Waals surface area contributed by atoms with E-state index in [4.69, 9.17) is 5.11 Å². The van der Waals surface area contributed by atoms with Gasteiger partial charge in [0, 0.05) is 18.3 Å². The minimum absolute atomic E-state index is 0.0940. The van der Waals surface area contributed by atoms with E-state index in [1.54, 1.807) is 23.7 Å². The maximum absolute atomic E-state index is 12.4. The van der Waals surface area contributed by atoms with Gasteiger partial charge in [0.2, 0.25) is 5.91 Å². The molecule has 9 nitrogen and oxygen atoms in total. The van der Waals surface area contributed by atoms with Gasteiger partial charge in [0.15, 0.2) is 11.0 Å². The average molecular weight is 454 g/mol. The first-order valence-electron chi connectivity index (χ1n) is 9.77. The van der Waals surface area contributed by atoms with Crippen LogP contribution in [0.25, 0.3) is 0 Å². The Bertz CT molecular complexity index is 1130. The number of carboxylic acid groups (broad SMARTS) is 1. The molecule has 32 heavy (non-hydrogen) atoms. The van der Waals surface area contributed by atoms with Gasteiger partial charge in [0.05, 0.1) is 17.4 Å². The standard InChI is InChI=1S/C22H23N5O4S/c1-13-4-6-15(7-5-13)20(29)23-14(2)19-25-26-22(27(19)3)32-12-18(28)24-17-10-8-16(9-11-17)21(30)31/h4-11,14H,12H2,1-3H3,(H,23,29)(H,24,28)(H,30,31)/t14-/m0/s1. The van der Waals surface area contributed by atoms with E-state index in [1.165, 1.54) is 36.0 Å². The minimum Gasteiger partial charge on any atom is -0.478 e. The lowest BCUT2D eigenvalue weighted by atomic mass is 10.1. The average Bonchev–Trinajstić information content (AvgIpc) is 3.13. The molecule has 3 rings (SSSR count). The van der Waals surface area contributed by atoms with Crippen LogP contribution in [0, 0.1) is 6.92 Å². The number of nitrogens with zero attached hydrogens (tertiary/aromatic N) is 3. The number of rotatable bonds is 8. The number of carboxylic acids is 1. The van der Waals surface area contributed by atoms with Crippen molar-refractivity contribution in [3.8, 4) is 0 Å². The van der Waals surface area contributed by atoms with Gasteiger partial charge < -0.3 is 20.3 Å². The number of nitrogens with one attached hydrogen (secondary N) is 2. The molecule has 1 atom stereocenters. The molecule has 0 spiro atoms. The summed E-state index contributed by atoms with van der Waals surface area (Å²) in [6.45, 7) is 3.77. The zero-order chi connectivity index (χ0) is 23.3. The number of hydrogen-bond donors (Lipinski definition) is 3. The maximum atomic E-state index is 12.4. The van der Waals surface area contributed by atoms with Crippen molar-refractivity contribution in [3.63, 3.8) is 0 Å². The van der Waals surface area contributed by atoms with Gasteiger partial charge in [-0.2, -0.15) is 0 Å². The highest BCUT2D eigenvalue weighted by atomic mass is 32.2. The predicted molar refractivity (Wildman–Crippen MR) is 121 cm³/mol. The Kier molecular flexibility index (Phi) is 7.26. The number of thioether (sulfide) groups is 1. The van der Waals surface area contributed by atoms with E-state index in [2.05, 4.69) is 20.8 Å². The number of amides is 2. The summed E-state index contributed by atoms with van der Waals surface area (Å²) in [5, 5.41) is 23.3. The van der Waals surface area contributed by atoms with Crippen molar-refractivity contribution in [2.24, 2.45) is 7.05 Å². The fourth-order valence-electron chi connectivity index (χ4n) is 2.90. The maximum Gasteiger partial charge on any atom is 0.335 e. The van der Waals surface area contributed by atoms with Gasteiger partial charge in [-0.15, -0.1) is 10.2 Å². The van der Waals surface area contributed by atoms with E-state index in [1.807, 2.05) is 26.0 Å². The Hall–Kier alpha value is -3.66. The topological polar surface area (TPSA) is 126 Å². The molecule has 0 aliphatic carbocycles. The summed E-state index contributed by atoms with van der Waals surface area (Å²) in [6, 6.07) is 12.8. The lowest BCUT2D eigenvalue weighted by Crippen LogP contribution is -2.28. The molecule has 2 amide bonds. The third kappa shape index (κ3) is 5.73. The van der Waals surface area contributed by atoms with Crippen molar-refractivity contribution in [2.45, 2.75) is 25.0 Å². The summed E-state index contributed by atoms with van der Waals surface area (Å²) in [7, 11) is 1.77. The molecule has 0 aliphatic rings. The zero-order valence-corrected chi connectivity index (χ0v) is 18.6. The third-order valence-electron chi connectivity index (χ3n) is 4.67. The molecule has 10 heteroatoms. The molecule has 0 fully saturated rings. The number of anilines is 1. The Morgan fingerprint density at radius 1 is 1.03 bits per heavy atom. The normalized spacial score (nSPS) is 11.6. The molecule has 0 aliphatic heterocycles. The van der Waals surface area contributed by atoms with Crippen molar-refractivity contribution >= 4 is 35.2 Å². The SMILES string of the molecule is Cc1ccc(C(=O)N[C@@H](C)c2nnc(SCC(=O)Nc3ccc(C(=O)O)cc3)n2C)cc1. The van der Waals surface area contributed by atoms with Gasteiger partial charge in [-0.05, 0) is 50.2 Å². The summed E-state index contributed by atoms with van der Waals surface area (Å²) >= 11 is 1.21. The van der Waals surface area contributed by atoms with E-state index >= 15 is 0 Å². The number of hydrogen-bond acceptors (Lipinski definition) is 6. The highest BCUT2D eigenvalue weighted by molar-refractivity contribution is 7.99. The molecule has 166 valence electrons. The second-order valence-corrected chi connectivity index (χ2v) is 8.12. The van der Waals surface area contributed by atoms with Crippen molar-refractivity contribution in [2.75, 3.05) is 11.1 Å². The molecular weight excluding hydrogens is 430 g/mol. The van der Waals surface area contributed by atoms with Crippen LogP contribution in [-0.2, 0) is 11.8 Å². The fraction of sp³-hybridized carbons (Fsp3) is 0.227. The van der Waals surface area contributed by atoms with Crippen LogP contribution < -0.4 is 10.6 Å². The van der Waals surface area contributed by atoms with Crippen LogP contribution >= 0.6 is 11.8 Å². The summed E-state index contributed by atoms with van der Waals surface area (Å²) in [4.78, 5) is 35.6. The van der Waals surface area contributed by atoms with Gasteiger partial charge in [-0.25, -0.2) is 4.79 Å². The lowest BCUT2D eigenvalue weighted by Gasteiger charge is -2.13. The van der Waals surface area contributed by atoms with Gasteiger partial charge in [-0.3, -0.25) is 9.59 Å². The van der Waals surface area contributed by atoms with Gasteiger partial charge in [0.25, 0.3) is 5.91 Å². The summed E-state index contributed by atoms with van der Waals surface area (Å²) in [5.41, 5.74) is 2.29. The van der Waals surface area contributed by atoms with Crippen molar-refractivity contribution in [1.29, 1.82) is 0 Å². The molecule has 0 saturated carbocycles. The number of carbonyl (C=O) groups is 3. The molecule has 0 unspecified atom stereocenters. The summed E-state index contributed by atoms with van der Waals surface area (Å²) < 4.78 is 1.74. The molecule has 0 radical (unpaired) electrons. The van der Waals surface area contributed by atoms with E-state index in [0.717, 1.165) is 5.56 Å². The van der Waals surface area contributed by atoms with Crippen molar-refractivity contribution < 1.29 is 19.5 Å². The van der Waals surface area contributed by atoms with Gasteiger partial charge >= 0.3 is 5.97 Å². The van der Waals surface area contributed by atoms with Crippen LogP contribution in [0.15, 0.2) is 53.7 Å². The number of aryl methyl sites for hydroxylation is 1. The quantitative estimate of drug-likeness (QED) is 0.448. The number of aromatic carboxylic acids is 1. The Labute approximate surface area is 189 Å². The monoisotopic (exact) mass is 453 g/mol. The Morgan fingerprint density at radius 2 is 1.66 bits per heavy atom. The molecule has 3 aromatic rings. The van der Waals surface area contributed by atoms with E-state index in [0.29, 0.717) is 22.2 Å². The number of benzene rings is 2. The summed E-state index contributed by atoms with van der Waals surface area (Å²) in [6.07, 6.45) is 0. The van der Waals surface area contributed by atoms with Crippen LogP contribution in [0.3, 0.4) is 0 Å². The molecule has 0 bridgehead atoms. The first-order chi connectivity index (χ1) is 15.2. The first-order valence-corrected chi connectivity index (χ1v) is 10.8. The number of aromatic nitrogens is 3. The van der Waals surface area contributed by atoms with Gasteiger partial charge in [0.1, 0.15) is 0 Å².